The molecule has 0 bridgehead atoms. The van der Waals surface area contributed by atoms with E-state index in [1.165, 1.54) is 0 Å². The molecule has 2 aromatic heterocycles. The summed E-state index contributed by atoms with van der Waals surface area (Å²) in [5, 5.41) is 4.88. The number of aryl methyl sites for hydroxylation is 1. The smallest absolute Gasteiger partial charge is 0.131 e. The molecule has 5 heteroatoms. The predicted octanol–water partition coefficient (Wildman–Crippen LogP) is 6.26. The van der Waals surface area contributed by atoms with Gasteiger partial charge in [0.05, 0.1) is 21.9 Å². The van der Waals surface area contributed by atoms with Crippen LogP contribution in [-0.2, 0) is 0 Å². The van der Waals surface area contributed by atoms with Crippen LogP contribution in [-0.4, -0.2) is 21.6 Å². The summed E-state index contributed by atoms with van der Waals surface area (Å²) < 4.78 is 6.22. The van der Waals surface area contributed by atoms with Gasteiger partial charge < -0.3 is 10.1 Å². The maximum Gasteiger partial charge on any atom is 0.131 e. The fourth-order valence-corrected chi connectivity index (χ4v) is 3.03. The molecule has 0 aliphatic carbocycles. The molecule has 2 heterocycles. The fraction of sp³-hybridized carbons (Fsp3) is 0.364. The van der Waals surface area contributed by atoms with Crippen LogP contribution in [0.1, 0.15) is 40.2 Å². The highest BCUT2D eigenvalue weighted by molar-refractivity contribution is 6.36. The van der Waals surface area contributed by atoms with Crippen LogP contribution in [0, 0.1) is 6.92 Å². The van der Waals surface area contributed by atoms with Crippen LogP contribution in [0.25, 0.3) is 22.3 Å². The Balaban J connectivity index is 2.20. The third-order valence-corrected chi connectivity index (χ3v) is 4.42. The van der Waals surface area contributed by atoms with E-state index in [1.54, 1.807) is 0 Å². The molecule has 0 amide bonds. The minimum Gasteiger partial charge on any atom is -0.487 e. The number of halogens is 1. The zero-order chi connectivity index (χ0) is 19.8. The van der Waals surface area contributed by atoms with E-state index < -0.39 is 0 Å². The van der Waals surface area contributed by atoms with Crippen LogP contribution in [0.5, 0.6) is 5.75 Å². The molecule has 0 aliphatic heterocycles. The quantitative estimate of drug-likeness (QED) is 0.577. The average molecular weight is 384 g/mol. The SMILES string of the molecule is Cc1ccc2c(OC(C)(C)C)cc(-c3cccc(NC(C)C)n3)nc2c1Cl. The second-order valence-electron chi connectivity index (χ2n) is 8.02. The number of nitrogens with zero attached hydrogens (tertiary/aromatic N) is 2. The standard InChI is InChI=1S/C22H26ClN3O/c1-13(2)24-19-9-7-8-16(25-19)17-12-18(27-22(4,5)6)15-11-10-14(3)20(23)21(15)26-17/h7-13H,1-6H3,(H,24,25). The summed E-state index contributed by atoms with van der Waals surface area (Å²) in [5.41, 5.74) is 2.90. The van der Waals surface area contributed by atoms with Gasteiger partial charge in [-0.05, 0) is 65.3 Å². The average Bonchev–Trinajstić information content (AvgIpc) is 2.56. The summed E-state index contributed by atoms with van der Waals surface area (Å²) >= 11 is 6.58. The highest BCUT2D eigenvalue weighted by atomic mass is 35.5. The first-order chi connectivity index (χ1) is 12.6. The number of hydrogen-bond donors (Lipinski definition) is 1. The minimum absolute atomic E-state index is 0.300. The Hall–Kier alpha value is -2.33. The van der Waals surface area contributed by atoms with Crippen molar-refractivity contribution in [2.24, 2.45) is 0 Å². The molecule has 0 fully saturated rings. The second kappa shape index (κ2) is 7.35. The van der Waals surface area contributed by atoms with Crippen molar-refractivity contribution in [2.45, 2.75) is 53.2 Å². The second-order valence-corrected chi connectivity index (χ2v) is 8.40. The lowest BCUT2D eigenvalue weighted by Gasteiger charge is -2.23. The zero-order valence-electron chi connectivity index (χ0n) is 16.7. The lowest BCUT2D eigenvalue weighted by molar-refractivity contribution is 0.133. The number of nitrogens with one attached hydrogen (secondary N) is 1. The Labute approximate surface area is 165 Å². The molecule has 27 heavy (non-hydrogen) atoms. The van der Waals surface area contributed by atoms with Crippen molar-refractivity contribution in [2.75, 3.05) is 5.32 Å². The van der Waals surface area contributed by atoms with Gasteiger partial charge in [-0.25, -0.2) is 9.97 Å². The molecule has 0 saturated heterocycles. The van der Waals surface area contributed by atoms with Crippen LogP contribution in [0.15, 0.2) is 36.4 Å². The number of ether oxygens (including phenoxy) is 1. The lowest BCUT2D eigenvalue weighted by atomic mass is 10.1. The molecule has 1 N–H and O–H groups in total. The molecule has 3 rings (SSSR count). The van der Waals surface area contributed by atoms with Crippen LogP contribution in [0.2, 0.25) is 5.02 Å². The molecule has 0 radical (unpaired) electrons. The first kappa shape index (κ1) is 19.4. The normalized spacial score (nSPS) is 11.9. The van der Waals surface area contributed by atoms with Gasteiger partial charge in [-0.15, -0.1) is 0 Å². The van der Waals surface area contributed by atoms with Gasteiger partial charge in [0.25, 0.3) is 0 Å². The zero-order valence-corrected chi connectivity index (χ0v) is 17.5. The molecule has 0 atom stereocenters. The van der Waals surface area contributed by atoms with Crippen molar-refractivity contribution in [3.05, 3.63) is 47.0 Å². The Bertz CT molecular complexity index is 977. The molecule has 142 valence electrons. The Morgan fingerprint density at radius 1 is 1.04 bits per heavy atom. The maximum absolute atomic E-state index is 6.58. The monoisotopic (exact) mass is 383 g/mol. The summed E-state index contributed by atoms with van der Waals surface area (Å²) in [7, 11) is 0. The number of hydrogen-bond acceptors (Lipinski definition) is 4. The number of benzene rings is 1. The maximum atomic E-state index is 6.58. The van der Waals surface area contributed by atoms with Gasteiger partial charge in [0.2, 0.25) is 0 Å². The summed E-state index contributed by atoms with van der Waals surface area (Å²) in [6.45, 7) is 12.2. The van der Waals surface area contributed by atoms with Crippen molar-refractivity contribution < 1.29 is 4.74 Å². The van der Waals surface area contributed by atoms with Gasteiger partial charge in [-0.3, -0.25) is 0 Å². The Morgan fingerprint density at radius 3 is 2.44 bits per heavy atom. The van der Waals surface area contributed by atoms with E-state index in [4.69, 9.17) is 26.3 Å². The van der Waals surface area contributed by atoms with E-state index in [2.05, 4.69) is 19.2 Å². The molecule has 0 aliphatic rings. The molecular weight excluding hydrogens is 358 g/mol. The van der Waals surface area contributed by atoms with Crippen molar-refractivity contribution in [3.63, 3.8) is 0 Å². The van der Waals surface area contributed by atoms with E-state index in [0.29, 0.717) is 11.1 Å². The van der Waals surface area contributed by atoms with E-state index in [1.807, 2.05) is 64.1 Å². The lowest BCUT2D eigenvalue weighted by Crippen LogP contribution is -2.23. The first-order valence-corrected chi connectivity index (χ1v) is 9.55. The molecular formula is C22H26ClN3O. The van der Waals surface area contributed by atoms with Gasteiger partial charge in [-0.1, -0.05) is 23.7 Å². The predicted molar refractivity (Wildman–Crippen MR) is 114 cm³/mol. The summed E-state index contributed by atoms with van der Waals surface area (Å²) in [5.74, 6) is 1.58. The highest BCUT2D eigenvalue weighted by Gasteiger charge is 2.18. The van der Waals surface area contributed by atoms with Crippen LogP contribution in [0.3, 0.4) is 0 Å². The van der Waals surface area contributed by atoms with Gasteiger partial charge in [0.1, 0.15) is 17.2 Å². The van der Waals surface area contributed by atoms with Gasteiger partial charge in [0, 0.05) is 17.5 Å². The molecule has 3 aromatic rings. The van der Waals surface area contributed by atoms with Crippen LogP contribution < -0.4 is 10.1 Å². The number of fused-ring (bicyclic) bond motifs is 1. The van der Waals surface area contributed by atoms with E-state index in [9.17, 15) is 0 Å². The fourth-order valence-electron chi connectivity index (χ4n) is 2.83. The van der Waals surface area contributed by atoms with Crippen LogP contribution in [0.4, 0.5) is 5.82 Å². The van der Waals surface area contributed by atoms with Gasteiger partial charge >= 0.3 is 0 Å². The first-order valence-electron chi connectivity index (χ1n) is 9.17. The van der Waals surface area contributed by atoms with E-state index in [0.717, 1.165) is 39.4 Å². The summed E-state index contributed by atoms with van der Waals surface area (Å²) in [6, 6.07) is 12.1. The molecule has 0 spiro atoms. The molecule has 1 aromatic carbocycles. The largest absolute Gasteiger partial charge is 0.487 e. The Morgan fingerprint density at radius 2 is 1.78 bits per heavy atom. The molecule has 4 nitrogen and oxygen atoms in total. The van der Waals surface area contributed by atoms with Crippen LogP contribution >= 0.6 is 11.6 Å². The highest BCUT2D eigenvalue weighted by Crippen LogP contribution is 2.36. The summed E-state index contributed by atoms with van der Waals surface area (Å²) in [6.07, 6.45) is 0. The molecule has 0 unspecified atom stereocenters. The number of rotatable bonds is 4. The number of anilines is 1. The third kappa shape index (κ3) is 4.51. The Kier molecular flexibility index (Phi) is 5.29. The van der Waals surface area contributed by atoms with Crippen molar-refractivity contribution in [1.82, 2.24) is 9.97 Å². The van der Waals surface area contributed by atoms with Crippen molar-refractivity contribution in [1.29, 1.82) is 0 Å². The van der Waals surface area contributed by atoms with Gasteiger partial charge in [-0.2, -0.15) is 0 Å². The summed E-state index contributed by atoms with van der Waals surface area (Å²) in [4.78, 5) is 9.52. The van der Waals surface area contributed by atoms with E-state index >= 15 is 0 Å². The van der Waals surface area contributed by atoms with E-state index in [-0.39, 0.29) is 5.60 Å². The van der Waals surface area contributed by atoms with Crippen molar-refractivity contribution in [3.8, 4) is 17.1 Å². The van der Waals surface area contributed by atoms with Crippen molar-refractivity contribution >= 4 is 28.3 Å². The minimum atomic E-state index is -0.336. The number of pyridine rings is 2. The van der Waals surface area contributed by atoms with Gasteiger partial charge in [0.15, 0.2) is 0 Å². The number of aromatic nitrogens is 2. The third-order valence-electron chi connectivity index (χ3n) is 3.94. The topological polar surface area (TPSA) is 47.0 Å². The molecule has 0 saturated carbocycles.